The normalized spacial score (nSPS) is 15.1. The molecule has 146 valence electrons. The number of phenolic OH excluding ortho intramolecular Hbond substituents is 1. The van der Waals surface area contributed by atoms with Crippen LogP contribution < -0.4 is 5.32 Å². The largest absolute Gasteiger partial charge is 0.508 e. The number of carbonyl (C=O) groups is 1. The first kappa shape index (κ1) is 18.4. The molecule has 2 heterocycles. The molecule has 1 fully saturated rings. The van der Waals surface area contributed by atoms with E-state index in [0.717, 1.165) is 37.9 Å². The zero-order valence-electron chi connectivity index (χ0n) is 16.2. The molecule has 3 N–H and O–H groups in total. The molecule has 2 aromatic carbocycles. The number of aryl methyl sites for hydroxylation is 1. The number of phenols is 1. The molecule has 1 saturated heterocycles. The summed E-state index contributed by atoms with van der Waals surface area (Å²) in [6, 6.07) is 15.6. The van der Waals surface area contributed by atoms with Crippen LogP contribution in [0.2, 0.25) is 0 Å². The van der Waals surface area contributed by atoms with E-state index in [-0.39, 0.29) is 11.8 Å². The van der Waals surface area contributed by atoms with Crippen molar-refractivity contribution in [3.8, 4) is 5.75 Å². The summed E-state index contributed by atoms with van der Waals surface area (Å²) in [4.78, 5) is 17.9. The highest BCUT2D eigenvalue weighted by atomic mass is 16.3. The number of likely N-dealkylation sites (tertiary alicyclic amines) is 1. The van der Waals surface area contributed by atoms with Crippen LogP contribution in [0.15, 0.2) is 48.5 Å². The summed E-state index contributed by atoms with van der Waals surface area (Å²) in [5.41, 5.74) is 4.97. The molecule has 0 spiro atoms. The van der Waals surface area contributed by atoms with E-state index in [4.69, 9.17) is 0 Å². The fourth-order valence-corrected chi connectivity index (χ4v) is 4.28. The fraction of sp³-hybridized carbons (Fsp3) is 0.348. The number of amides is 2. The van der Waals surface area contributed by atoms with E-state index in [9.17, 15) is 9.90 Å². The molecule has 0 atom stereocenters. The van der Waals surface area contributed by atoms with Gasteiger partial charge in [-0.25, -0.2) is 4.79 Å². The number of aromatic hydroxyl groups is 1. The molecule has 0 saturated carbocycles. The fourth-order valence-electron chi connectivity index (χ4n) is 4.28. The Balaban J connectivity index is 1.30. The Bertz CT molecular complexity index is 954. The monoisotopic (exact) mass is 377 g/mol. The van der Waals surface area contributed by atoms with Crippen molar-refractivity contribution in [3.63, 3.8) is 0 Å². The van der Waals surface area contributed by atoms with Gasteiger partial charge in [-0.05, 0) is 61.4 Å². The Labute approximate surface area is 165 Å². The lowest BCUT2D eigenvalue weighted by molar-refractivity contribution is 0.181. The van der Waals surface area contributed by atoms with Gasteiger partial charge in [0.2, 0.25) is 0 Å². The number of H-pyrrole nitrogens is 1. The van der Waals surface area contributed by atoms with Gasteiger partial charge in [0.25, 0.3) is 0 Å². The van der Waals surface area contributed by atoms with E-state index in [1.165, 1.54) is 22.2 Å². The molecule has 5 nitrogen and oxygen atoms in total. The Morgan fingerprint density at radius 1 is 1.14 bits per heavy atom. The molecule has 1 aliphatic rings. The van der Waals surface area contributed by atoms with E-state index in [2.05, 4.69) is 41.5 Å². The van der Waals surface area contributed by atoms with Crippen molar-refractivity contribution in [2.45, 2.75) is 32.1 Å². The summed E-state index contributed by atoms with van der Waals surface area (Å²) in [5.74, 6) is 0.762. The van der Waals surface area contributed by atoms with Gasteiger partial charge in [-0.2, -0.15) is 0 Å². The van der Waals surface area contributed by atoms with E-state index in [1.807, 2.05) is 17.0 Å². The second-order valence-corrected chi connectivity index (χ2v) is 7.62. The highest BCUT2D eigenvalue weighted by molar-refractivity contribution is 5.85. The van der Waals surface area contributed by atoms with Crippen LogP contribution in [0.3, 0.4) is 0 Å². The number of hydrogen-bond acceptors (Lipinski definition) is 2. The number of carbonyl (C=O) groups excluding carboxylic acids is 1. The third-order valence-corrected chi connectivity index (χ3v) is 5.76. The third-order valence-electron chi connectivity index (χ3n) is 5.76. The van der Waals surface area contributed by atoms with Crippen LogP contribution in [0.1, 0.15) is 35.6 Å². The summed E-state index contributed by atoms with van der Waals surface area (Å²) < 4.78 is 0. The minimum absolute atomic E-state index is 0.0212. The van der Waals surface area contributed by atoms with Crippen LogP contribution in [-0.4, -0.2) is 40.7 Å². The van der Waals surface area contributed by atoms with E-state index in [0.29, 0.717) is 12.5 Å². The maximum absolute atomic E-state index is 12.5. The first-order valence-electron chi connectivity index (χ1n) is 9.99. The molecular weight excluding hydrogens is 350 g/mol. The number of fused-ring (bicyclic) bond motifs is 1. The second kappa shape index (κ2) is 7.97. The molecule has 28 heavy (non-hydrogen) atoms. The number of urea groups is 1. The molecule has 2 amide bonds. The number of para-hydroxylation sites is 1. The molecular formula is C23H27N3O2. The predicted octanol–water partition coefficient (Wildman–Crippen LogP) is 4.31. The molecule has 1 aromatic heterocycles. The molecule has 3 aromatic rings. The minimum Gasteiger partial charge on any atom is -0.508 e. The van der Waals surface area contributed by atoms with Gasteiger partial charge in [-0.1, -0.05) is 30.3 Å². The minimum atomic E-state index is 0.0212. The third kappa shape index (κ3) is 3.84. The maximum atomic E-state index is 12.5. The predicted molar refractivity (Wildman–Crippen MR) is 112 cm³/mol. The summed E-state index contributed by atoms with van der Waals surface area (Å²) in [6.07, 6.45) is 2.75. The number of nitrogens with one attached hydrogen (secondary N) is 2. The lowest BCUT2D eigenvalue weighted by Crippen LogP contribution is -2.44. The van der Waals surface area contributed by atoms with Crippen molar-refractivity contribution in [1.82, 2.24) is 15.2 Å². The van der Waals surface area contributed by atoms with Crippen LogP contribution in [0, 0.1) is 6.92 Å². The Morgan fingerprint density at radius 3 is 2.61 bits per heavy atom. The summed E-state index contributed by atoms with van der Waals surface area (Å²) in [7, 11) is 0. The summed E-state index contributed by atoms with van der Waals surface area (Å²) in [5, 5.41) is 13.7. The highest BCUT2D eigenvalue weighted by Crippen LogP contribution is 2.35. The van der Waals surface area contributed by atoms with Crippen molar-refractivity contribution in [3.05, 3.63) is 65.4 Å². The molecule has 0 aliphatic carbocycles. The molecule has 5 heteroatoms. The zero-order chi connectivity index (χ0) is 19.5. The Kier molecular flexibility index (Phi) is 5.24. The zero-order valence-corrected chi connectivity index (χ0v) is 16.2. The molecule has 1 aliphatic heterocycles. The summed E-state index contributed by atoms with van der Waals surface area (Å²) in [6.45, 7) is 4.33. The molecule has 0 bridgehead atoms. The van der Waals surface area contributed by atoms with Crippen LogP contribution in [0.25, 0.3) is 10.9 Å². The van der Waals surface area contributed by atoms with Gasteiger partial charge in [-0.15, -0.1) is 0 Å². The molecule has 4 rings (SSSR count). The van der Waals surface area contributed by atoms with Gasteiger partial charge < -0.3 is 20.3 Å². The number of nitrogens with zero attached hydrogens (tertiary/aromatic N) is 1. The number of benzene rings is 2. The van der Waals surface area contributed by atoms with Gasteiger partial charge in [-0.3, -0.25) is 0 Å². The quantitative estimate of drug-likeness (QED) is 0.634. The van der Waals surface area contributed by atoms with Crippen LogP contribution >= 0.6 is 0 Å². The first-order valence-corrected chi connectivity index (χ1v) is 9.99. The van der Waals surface area contributed by atoms with Crippen LogP contribution in [-0.2, 0) is 6.42 Å². The van der Waals surface area contributed by atoms with Crippen molar-refractivity contribution in [2.75, 3.05) is 19.6 Å². The highest BCUT2D eigenvalue weighted by Gasteiger charge is 2.26. The SMILES string of the molecule is Cc1[nH]c2ccccc2c1C1CCN(C(=O)NCCc2ccc(O)cc2)CC1. The topological polar surface area (TPSA) is 68.4 Å². The number of aromatic amines is 1. The lowest BCUT2D eigenvalue weighted by Gasteiger charge is -2.32. The first-order chi connectivity index (χ1) is 13.6. The molecule has 0 radical (unpaired) electrons. The van der Waals surface area contributed by atoms with Gasteiger partial charge >= 0.3 is 6.03 Å². The molecule has 0 unspecified atom stereocenters. The van der Waals surface area contributed by atoms with Crippen molar-refractivity contribution >= 4 is 16.9 Å². The van der Waals surface area contributed by atoms with Crippen LogP contribution in [0.4, 0.5) is 4.79 Å². The van der Waals surface area contributed by atoms with Crippen LogP contribution in [0.5, 0.6) is 5.75 Å². The van der Waals surface area contributed by atoms with Gasteiger partial charge in [0, 0.05) is 36.2 Å². The lowest BCUT2D eigenvalue weighted by atomic mass is 9.87. The van der Waals surface area contributed by atoms with Gasteiger partial charge in [0.05, 0.1) is 0 Å². The van der Waals surface area contributed by atoms with Gasteiger partial charge in [0.1, 0.15) is 5.75 Å². The van der Waals surface area contributed by atoms with Gasteiger partial charge in [0.15, 0.2) is 0 Å². The number of rotatable bonds is 4. The second-order valence-electron chi connectivity index (χ2n) is 7.62. The van der Waals surface area contributed by atoms with Crippen molar-refractivity contribution in [2.24, 2.45) is 0 Å². The maximum Gasteiger partial charge on any atom is 0.317 e. The number of aromatic nitrogens is 1. The standard InChI is InChI=1S/C23H27N3O2/c1-16-22(20-4-2-3-5-21(20)25-16)18-11-14-26(15-12-18)23(28)24-13-10-17-6-8-19(27)9-7-17/h2-9,18,25,27H,10-15H2,1H3,(H,24,28). The smallest absolute Gasteiger partial charge is 0.317 e. The van der Waals surface area contributed by atoms with E-state index >= 15 is 0 Å². The van der Waals surface area contributed by atoms with Crippen molar-refractivity contribution < 1.29 is 9.90 Å². The average Bonchev–Trinajstić information content (AvgIpc) is 3.05. The Morgan fingerprint density at radius 2 is 1.86 bits per heavy atom. The van der Waals surface area contributed by atoms with E-state index < -0.39 is 0 Å². The summed E-state index contributed by atoms with van der Waals surface area (Å²) >= 11 is 0. The number of piperidine rings is 1. The Hall–Kier alpha value is -2.95. The van der Waals surface area contributed by atoms with Crippen molar-refractivity contribution in [1.29, 1.82) is 0 Å². The average molecular weight is 377 g/mol. The number of hydrogen-bond donors (Lipinski definition) is 3. The van der Waals surface area contributed by atoms with E-state index in [1.54, 1.807) is 12.1 Å².